The van der Waals surface area contributed by atoms with Crippen molar-refractivity contribution < 1.29 is 19.1 Å². The van der Waals surface area contributed by atoms with Crippen LogP contribution in [0.1, 0.15) is 13.8 Å². The van der Waals surface area contributed by atoms with Crippen LogP contribution >= 0.6 is 11.3 Å². The summed E-state index contributed by atoms with van der Waals surface area (Å²) in [6.07, 6.45) is -1.02. The molecule has 0 radical (unpaired) electrons. The normalized spacial score (nSPS) is 16.4. The first-order valence-corrected chi connectivity index (χ1v) is 8.35. The number of nitrogens with one attached hydrogen (secondary N) is 1. The van der Waals surface area contributed by atoms with E-state index in [0.717, 1.165) is 5.56 Å². The fraction of sp³-hybridized carbons (Fsp3) is 0.312. The van der Waals surface area contributed by atoms with Gasteiger partial charge in [-0.15, -0.1) is 11.3 Å². The second kappa shape index (κ2) is 6.48. The largest absolute Gasteiger partial charge is 0.479 e. The molecule has 126 valence electrons. The van der Waals surface area contributed by atoms with Gasteiger partial charge in [0.05, 0.1) is 18.0 Å². The molecule has 2 amide bonds. The molecule has 1 unspecified atom stereocenters. The maximum absolute atomic E-state index is 12.0. The second-order valence-corrected chi connectivity index (χ2v) is 6.08. The van der Waals surface area contributed by atoms with E-state index in [1.54, 1.807) is 25.8 Å². The fourth-order valence-corrected chi connectivity index (χ4v) is 3.09. The number of carbonyl (C=O) groups excluding carboxylic acids is 2. The molecule has 24 heavy (non-hydrogen) atoms. The summed E-state index contributed by atoms with van der Waals surface area (Å²) in [7, 11) is 1.72. The monoisotopic (exact) mass is 347 g/mol. The molecule has 0 fully saturated rings. The quantitative estimate of drug-likeness (QED) is 0.922. The highest BCUT2D eigenvalue weighted by Gasteiger charge is 2.29. The number of carbonyl (C=O) groups is 2. The molecule has 2 aromatic rings. The molecular weight excluding hydrogens is 330 g/mol. The highest BCUT2D eigenvalue weighted by Crippen LogP contribution is 2.37. The van der Waals surface area contributed by atoms with E-state index in [0.29, 0.717) is 28.9 Å². The van der Waals surface area contributed by atoms with Crippen LogP contribution in [0, 0.1) is 0 Å². The Bertz CT molecular complexity index is 789. The summed E-state index contributed by atoms with van der Waals surface area (Å²) in [6, 6.07) is 5.54. The Morgan fingerprint density at radius 2 is 2.29 bits per heavy atom. The molecule has 3 rings (SSSR count). The summed E-state index contributed by atoms with van der Waals surface area (Å²) in [6.45, 7) is 3.76. The Hall–Kier alpha value is -2.61. The van der Waals surface area contributed by atoms with Crippen LogP contribution in [0.2, 0.25) is 0 Å². The Kier molecular flexibility index (Phi) is 4.39. The molecule has 1 aromatic carbocycles. The van der Waals surface area contributed by atoms with Crippen LogP contribution in [-0.2, 0) is 9.53 Å². The third-order valence-electron chi connectivity index (χ3n) is 3.59. The molecule has 0 spiro atoms. The van der Waals surface area contributed by atoms with Gasteiger partial charge in [-0.25, -0.2) is 9.78 Å². The fourth-order valence-electron chi connectivity index (χ4n) is 2.39. The van der Waals surface area contributed by atoms with Gasteiger partial charge in [0, 0.05) is 18.0 Å². The maximum Gasteiger partial charge on any atom is 0.413 e. The average Bonchev–Trinajstić information content (AvgIpc) is 3.01. The molecule has 1 aliphatic heterocycles. The number of aromatic nitrogens is 1. The zero-order chi connectivity index (χ0) is 17.3. The molecule has 7 nitrogen and oxygen atoms in total. The lowest BCUT2D eigenvalue weighted by atomic mass is 10.1. The van der Waals surface area contributed by atoms with E-state index < -0.39 is 12.2 Å². The molecule has 0 saturated heterocycles. The first kappa shape index (κ1) is 16.3. The number of fused-ring (bicyclic) bond motifs is 1. The maximum atomic E-state index is 12.0. The van der Waals surface area contributed by atoms with Crippen LogP contribution in [0.25, 0.3) is 11.3 Å². The van der Waals surface area contributed by atoms with Gasteiger partial charge in [-0.2, -0.15) is 0 Å². The molecule has 1 aliphatic rings. The van der Waals surface area contributed by atoms with Crippen LogP contribution in [0.3, 0.4) is 0 Å². The lowest BCUT2D eigenvalue weighted by Gasteiger charge is -2.30. The van der Waals surface area contributed by atoms with Crippen LogP contribution in [0.4, 0.5) is 15.6 Å². The molecule has 2 heterocycles. The van der Waals surface area contributed by atoms with Gasteiger partial charge in [-0.1, -0.05) is 0 Å². The van der Waals surface area contributed by atoms with Crippen LogP contribution in [0.5, 0.6) is 5.75 Å². The van der Waals surface area contributed by atoms with Crippen LogP contribution in [-0.4, -0.2) is 36.7 Å². The molecule has 1 atom stereocenters. The number of anilines is 2. The van der Waals surface area contributed by atoms with Crippen molar-refractivity contribution >= 4 is 34.2 Å². The Morgan fingerprint density at radius 3 is 3.04 bits per heavy atom. The molecule has 1 N–H and O–H groups in total. The molecule has 0 bridgehead atoms. The summed E-state index contributed by atoms with van der Waals surface area (Å²) in [5.74, 6) is 0.566. The van der Waals surface area contributed by atoms with E-state index in [1.807, 2.05) is 23.6 Å². The lowest BCUT2D eigenvalue weighted by Crippen LogP contribution is -2.41. The minimum Gasteiger partial charge on any atom is -0.479 e. The van der Waals surface area contributed by atoms with E-state index >= 15 is 0 Å². The summed E-state index contributed by atoms with van der Waals surface area (Å²) < 4.78 is 10.4. The van der Waals surface area contributed by atoms with E-state index in [1.165, 1.54) is 11.3 Å². The minimum absolute atomic E-state index is 0.0948. The van der Waals surface area contributed by atoms with Crippen LogP contribution in [0.15, 0.2) is 23.6 Å². The Labute approximate surface area is 143 Å². The van der Waals surface area contributed by atoms with E-state index in [9.17, 15) is 9.59 Å². The van der Waals surface area contributed by atoms with Gasteiger partial charge < -0.3 is 14.4 Å². The van der Waals surface area contributed by atoms with Crippen molar-refractivity contribution in [2.45, 2.75) is 20.0 Å². The summed E-state index contributed by atoms with van der Waals surface area (Å²) >= 11 is 1.30. The average molecular weight is 347 g/mol. The number of thiazole rings is 1. The number of ether oxygens (including phenoxy) is 2. The smallest absolute Gasteiger partial charge is 0.413 e. The molecular formula is C16H17N3O4S. The second-order valence-electron chi connectivity index (χ2n) is 5.22. The predicted molar refractivity (Wildman–Crippen MR) is 91.7 cm³/mol. The van der Waals surface area contributed by atoms with Crippen LogP contribution < -0.4 is 15.0 Å². The van der Waals surface area contributed by atoms with Crippen molar-refractivity contribution in [3.63, 3.8) is 0 Å². The van der Waals surface area contributed by atoms with Crippen molar-refractivity contribution in [3.05, 3.63) is 23.6 Å². The SMILES string of the molecule is CCOC(=O)Nc1nc(-c2ccc3c(c2)N(C)C(=O)C(C)O3)cs1. The van der Waals surface area contributed by atoms with E-state index in [4.69, 9.17) is 9.47 Å². The number of hydrogen-bond donors (Lipinski definition) is 1. The first-order valence-electron chi connectivity index (χ1n) is 7.47. The van der Waals surface area contributed by atoms with Crippen molar-refractivity contribution in [2.24, 2.45) is 0 Å². The van der Waals surface area contributed by atoms with E-state index in [2.05, 4.69) is 10.3 Å². The number of likely N-dealkylation sites (N-methyl/N-ethyl adjacent to an activating group) is 1. The number of hydrogen-bond acceptors (Lipinski definition) is 6. The van der Waals surface area contributed by atoms with Crippen molar-refractivity contribution in [1.29, 1.82) is 0 Å². The van der Waals surface area contributed by atoms with Gasteiger partial charge in [0.2, 0.25) is 0 Å². The van der Waals surface area contributed by atoms with Crippen molar-refractivity contribution in [1.82, 2.24) is 4.98 Å². The van der Waals surface area contributed by atoms with E-state index in [-0.39, 0.29) is 5.91 Å². The van der Waals surface area contributed by atoms with Crippen molar-refractivity contribution in [2.75, 3.05) is 23.9 Å². The van der Waals surface area contributed by atoms with Gasteiger partial charge in [0.25, 0.3) is 5.91 Å². The number of amides is 2. The third-order valence-corrected chi connectivity index (χ3v) is 4.34. The predicted octanol–water partition coefficient (Wildman–Crippen LogP) is 3.12. The summed E-state index contributed by atoms with van der Waals surface area (Å²) in [4.78, 5) is 29.4. The van der Waals surface area contributed by atoms with Gasteiger partial charge >= 0.3 is 6.09 Å². The summed E-state index contributed by atoms with van der Waals surface area (Å²) in [5.41, 5.74) is 2.23. The highest BCUT2D eigenvalue weighted by atomic mass is 32.1. The number of benzene rings is 1. The van der Waals surface area contributed by atoms with Gasteiger partial charge in [-0.05, 0) is 32.0 Å². The zero-order valence-electron chi connectivity index (χ0n) is 13.5. The molecule has 0 saturated carbocycles. The summed E-state index contributed by atoms with van der Waals surface area (Å²) in [5, 5.41) is 4.86. The van der Waals surface area contributed by atoms with Gasteiger partial charge in [0.1, 0.15) is 5.75 Å². The third kappa shape index (κ3) is 3.05. The zero-order valence-corrected chi connectivity index (χ0v) is 14.3. The first-order chi connectivity index (χ1) is 11.5. The number of rotatable bonds is 3. The molecule has 0 aliphatic carbocycles. The molecule has 8 heteroatoms. The topological polar surface area (TPSA) is 80.8 Å². The Morgan fingerprint density at radius 1 is 1.50 bits per heavy atom. The Balaban J connectivity index is 1.85. The minimum atomic E-state index is -0.531. The standard InChI is InChI=1S/C16H17N3O4S/c1-4-22-16(21)18-15-17-11(8-24-15)10-5-6-13-12(7-10)19(3)14(20)9(2)23-13/h5-9H,4H2,1-3H3,(H,17,18,21). The van der Waals surface area contributed by atoms with Gasteiger partial charge in [-0.3, -0.25) is 10.1 Å². The lowest BCUT2D eigenvalue weighted by molar-refractivity contribution is -0.125. The van der Waals surface area contributed by atoms with Gasteiger partial charge in [0.15, 0.2) is 11.2 Å². The molecule has 1 aromatic heterocycles. The number of nitrogens with zero attached hydrogens (tertiary/aromatic N) is 2. The highest BCUT2D eigenvalue weighted by molar-refractivity contribution is 7.14. The van der Waals surface area contributed by atoms with Crippen molar-refractivity contribution in [3.8, 4) is 17.0 Å².